The molecule has 0 rings (SSSR count). The first-order chi connectivity index (χ1) is 8.82. The molecule has 2 unspecified atom stereocenters. The standard InChI is InChI=1S/C14H28N2O3/c1-6-10(4)11(5)16-13(19)15-9-14(7-2,8-3)12(17)18/h10-11H,6-9H2,1-5H3,(H,17,18)(H2,15,16,19). The van der Waals surface area contributed by atoms with Crippen LogP contribution in [0.5, 0.6) is 0 Å². The van der Waals surface area contributed by atoms with Gasteiger partial charge in [-0.15, -0.1) is 0 Å². The maximum atomic E-state index is 11.8. The van der Waals surface area contributed by atoms with E-state index in [1.165, 1.54) is 0 Å². The lowest BCUT2D eigenvalue weighted by atomic mass is 9.82. The van der Waals surface area contributed by atoms with Crippen LogP contribution in [0.1, 0.15) is 53.9 Å². The summed E-state index contributed by atoms with van der Waals surface area (Å²) in [4.78, 5) is 23.1. The zero-order valence-corrected chi connectivity index (χ0v) is 12.7. The largest absolute Gasteiger partial charge is 0.481 e. The molecule has 0 aliphatic heterocycles. The third-order valence-corrected chi connectivity index (χ3v) is 4.25. The molecule has 0 radical (unpaired) electrons. The van der Waals surface area contributed by atoms with Crippen molar-refractivity contribution in [2.75, 3.05) is 6.54 Å². The summed E-state index contributed by atoms with van der Waals surface area (Å²) >= 11 is 0. The Morgan fingerprint density at radius 3 is 2.05 bits per heavy atom. The van der Waals surface area contributed by atoms with Crippen LogP contribution in [-0.2, 0) is 4.79 Å². The molecule has 19 heavy (non-hydrogen) atoms. The summed E-state index contributed by atoms with van der Waals surface area (Å²) in [6, 6.07) is -0.215. The normalized spacial score (nSPS) is 14.6. The first kappa shape index (κ1) is 17.7. The molecule has 0 bridgehead atoms. The Kier molecular flexibility index (Phi) is 7.49. The minimum Gasteiger partial charge on any atom is -0.481 e. The van der Waals surface area contributed by atoms with Gasteiger partial charge in [0, 0.05) is 12.6 Å². The van der Waals surface area contributed by atoms with E-state index in [9.17, 15) is 14.7 Å². The quantitative estimate of drug-likeness (QED) is 0.635. The number of aliphatic carboxylic acids is 1. The summed E-state index contributed by atoms with van der Waals surface area (Å²) in [5.74, 6) is -0.458. The number of nitrogens with one attached hydrogen (secondary N) is 2. The number of hydrogen-bond acceptors (Lipinski definition) is 2. The van der Waals surface area contributed by atoms with Crippen LogP contribution in [0.2, 0.25) is 0 Å². The van der Waals surface area contributed by atoms with Crippen molar-refractivity contribution in [3.63, 3.8) is 0 Å². The summed E-state index contributed by atoms with van der Waals surface area (Å²) in [6.07, 6.45) is 1.99. The van der Waals surface area contributed by atoms with Gasteiger partial charge in [0.05, 0.1) is 5.41 Å². The molecule has 0 aliphatic carbocycles. The van der Waals surface area contributed by atoms with Crippen molar-refractivity contribution >= 4 is 12.0 Å². The maximum absolute atomic E-state index is 11.8. The van der Waals surface area contributed by atoms with E-state index in [1.807, 2.05) is 20.8 Å². The second-order valence-corrected chi connectivity index (χ2v) is 5.29. The fourth-order valence-corrected chi connectivity index (χ4v) is 1.88. The summed E-state index contributed by atoms with van der Waals surface area (Å²) in [5, 5.41) is 14.8. The Labute approximate surface area is 116 Å². The Balaban J connectivity index is 4.38. The van der Waals surface area contributed by atoms with Crippen LogP contribution in [0.15, 0.2) is 0 Å². The topological polar surface area (TPSA) is 78.4 Å². The molecular formula is C14H28N2O3. The molecule has 0 heterocycles. The molecular weight excluding hydrogens is 244 g/mol. The minimum absolute atomic E-state index is 0.0764. The van der Waals surface area contributed by atoms with Crippen molar-refractivity contribution in [1.82, 2.24) is 10.6 Å². The predicted molar refractivity (Wildman–Crippen MR) is 76.1 cm³/mol. The fraction of sp³-hybridized carbons (Fsp3) is 0.857. The SMILES string of the molecule is CCC(C)C(C)NC(=O)NCC(CC)(CC)C(=O)O. The smallest absolute Gasteiger partial charge is 0.315 e. The third kappa shape index (κ3) is 5.09. The van der Waals surface area contributed by atoms with Gasteiger partial charge in [0.2, 0.25) is 0 Å². The molecule has 0 spiro atoms. The second-order valence-electron chi connectivity index (χ2n) is 5.29. The number of carboxylic acids is 1. The Bertz CT molecular complexity index is 301. The molecule has 0 aromatic heterocycles. The first-order valence-corrected chi connectivity index (χ1v) is 7.10. The molecule has 0 saturated heterocycles. The van der Waals surface area contributed by atoms with Gasteiger partial charge in [0.1, 0.15) is 0 Å². The minimum atomic E-state index is -0.864. The Hall–Kier alpha value is -1.26. The van der Waals surface area contributed by atoms with E-state index in [0.717, 1.165) is 6.42 Å². The van der Waals surface area contributed by atoms with Crippen LogP contribution < -0.4 is 10.6 Å². The maximum Gasteiger partial charge on any atom is 0.315 e. The van der Waals surface area contributed by atoms with E-state index < -0.39 is 11.4 Å². The van der Waals surface area contributed by atoms with Crippen molar-refractivity contribution < 1.29 is 14.7 Å². The summed E-state index contributed by atoms with van der Waals surface area (Å²) in [5.41, 5.74) is -0.864. The van der Waals surface area contributed by atoms with Gasteiger partial charge in [-0.25, -0.2) is 4.79 Å². The Morgan fingerprint density at radius 2 is 1.68 bits per heavy atom. The van der Waals surface area contributed by atoms with E-state index in [1.54, 1.807) is 0 Å². The molecule has 5 nitrogen and oxygen atoms in total. The molecule has 0 aromatic carbocycles. The molecule has 3 N–H and O–H groups in total. The van der Waals surface area contributed by atoms with Crippen LogP contribution in [0.3, 0.4) is 0 Å². The zero-order valence-electron chi connectivity index (χ0n) is 12.7. The molecule has 5 heteroatoms. The highest BCUT2D eigenvalue weighted by atomic mass is 16.4. The Morgan fingerprint density at radius 1 is 1.16 bits per heavy atom. The second kappa shape index (κ2) is 8.02. The first-order valence-electron chi connectivity index (χ1n) is 7.10. The van der Waals surface area contributed by atoms with Crippen molar-refractivity contribution in [3.8, 4) is 0 Å². The summed E-state index contributed by atoms with van der Waals surface area (Å²) in [6.45, 7) is 9.93. The van der Waals surface area contributed by atoms with Crippen LogP contribution in [0.4, 0.5) is 4.79 Å². The van der Waals surface area contributed by atoms with Gasteiger partial charge in [-0.05, 0) is 25.7 Å². The lowest BCUT2D eigenvalue weighted by Crippen LogP contribution is -2.48. The number of carbonyl (C=O) groups excluding carboxylic acids is 1. The van der Waals surface area contributed by atoms with Crippen LogP contribution in [0, 0.1) is 11.3 Å². The van der Waals surface area contributed by atoms with E-state index in [4.69, 9.17) is 0 Å². The number of urea groups is 1. The monoisotopic (exact) mass is 272 g/mol. The van der Waals surface area contributed by atoms with Crippen LogP contribution >= 0.6 is 0 Å². The fourth-order valence-electron chi connectivity index (χ4n) is 1.88. The van der Waals surface area contributed by atoms with Gasteiger partial charge >= 0.3 is 12.0 Å². The summed E-state index contributed by atoms with van der Waals surface area (Å²) in [7, 11) is 0. The molecule has 112 valence electrons. The average molecular weight is 272 g/mol. The number of hydrogen-bond donors (Lipinski definition) is 3. The van der Waals surface area contributed by atoms with Crippen molar-refractivity contribution in [3.05, 3.63) is 0 Å². The third-order valence-electron chi connectivity index (χ3n) is 4.25. The highest BCUT2D eigenvalue weighted by Gasteiger charge is 2.35. The molecule has 2 atom stereocenters. The lowest BCUT2D eigenvalue weighted by molar-refractivity contribution is -0.149. The van der Waals surface area contributed by atoms with Gasteiger partial charge in [-0.1, -0.05) is 34.1 Å². The molecule has 0 aromatic rings. The van der Waals surface area contributed by atoms with Crippen molar-refractivity contribution in [2.24, 2.45) is 11.3 Å². The van der Waals surface area contributed by atoms with Crippen molar-refractivity contribution in [1.29, 1.82) is 0 Å². The van der Waals surface area contributed by atoms with E-state index in [0.29, 0.717) is 18.8 Å². The van der Waals surface area contributed by atoms with Gasteiger partial charge in [-0.3, -0.25) is 4.79 Å². The van der Waals surface area contributed by atoms with Gasteiger partial charge in [-0.2, -0.15) is 0 Å². The van der Waals surface area contributed by atoms with E-state index >= 15 is 0 Å². The highest BCUT2D eigenvalue weighted by molar-refractivity contribution is 5.78. The number of carboxylic acid groups (broad SMARTS) is 1. The molecule has 0 aliphatic rings. The van der Waals surface area contributed by atoms with Gasteiger partial charge < -0.3 is 15.7 Å². The molecule has 0 fully saturated rings. The van der Waals surface area contributed by atoms with E-state index in [2.05, 4.69) is 24.5 Å². The van der Waals surface area contributed by atoms with E-state index in [-0.39, 0.29) is 18.6 Å². The molecule has 2 amide bonds. The average Bonchev–Trinajstić information content (AvgIpc) is 2.39. The number of rotatable bonds is 8. The van der Waals surface area contributed by atoms with Crippen molar-refractivity contribution in [2.45, 2.75) is 59.9 Å². The lowest BCUT2D eigenvalue weighted by Gasteiger charge is -2.27. The van der Waals surface area contributed by atoms with Gasteiger partial charge in [0.25, 0.3) is 0 Å². The highest BCUT2D eigenvalue weighted by Crippen LogP contribution is 2.25. The van der Waals surface area contributed by atoms with Gasteiger partial charge in [0.15, 0.2) is 0 Å². The zero-order chi connectivity index (χ0) is 15.1. The number of amides is 2. The van der Waals surface area contributed by atoms with Crippen LogP contribution in [-0.4, -0.2) is 29.7 Å². The number of carbonyl (C=O) groups is 2. The summed E-state index contributed by atoms with van der Waals surface area (Å²) < 4.78 is 0. The molecule has 0 saturated carbocycles. The van der Waals surface area contributed by atoms with Crippen LogP contribution in [0.25, 0.3) is 0 Å². The predicted octanol–water partition coefficient (Wildman–Crippen LogP) is 2.61.